The average Bonchev–Trinajstić information content (AvgIpc) is 3.79. The molecule has 0 spiro atoms. The number of hydrogen-bond donors (Lipinski definition) is 2. The molecule has 0 saturated carbocycles. The number of aliphatic hydroxyl groups excluding tert-OH is 1. The topological polar surface area (TPSA) is 101 Å². The molecule has 0 bridgehead atoms. The van der Waals surface area contributed by atoms with E-state index in [1.807, 2.05) is 30.3 Å². The van der Waals surface area contributed by atoms with Crippen LogP contribution in [0.15, 0.2) is 72.8 Å². The predicted molar refractivity (Wildman–Crippen MR) is 184 cm³/mol. The number of nitrogens with zero attached hydrogens (tertiary/aromatic N) is 2. The maximum atomic E-state index is 12.4. The van der Waals surface area contributed by atoms with E-state index < -0.39 is 18.4 Å². The maximum absolute atomic E-state index is 12.4. The molecular formula is C39H49N3O6. The fourth-order valence-corrected chi connectivity index (χ4v) is 7.26. The molecule has 3 aromatic carbocycles. The van der Waals surface area contributed by atoms with Gasteiger partial charge in [-0.3, -0.25) is 14.5 Å². The van der Waals surface area contributed by atoms with Crippen LogP contribution >= 0.6 is 0 Å². The molecule has 3 heterocycles. The molecular weight excluding hydrogens is 606 g/mol. The first-order valence-electron chi connectivity index (χ1n) is 17.5. The third kappa shape index (κ3) is 8.89. The SMILES string of the molecule is CC(=O)O[C@@H](C)C(=O)NCc1cccc(-c2cccc([C@H]3O[C@@H](CN4CCC[C@H]4CN4CCCC4)C[C@@H](c4ccc(CO)cc4)O3)c2)c1. The molecule has 3 aliphatic rings. The minimum atomic E-state index is -0.848. The second-order valence-electron chi connectivity index (χ2n) is 13.4. The molecule has 48 heavy (non-hydrogen) atoms. The highest BCUT2D eigenvalue weighted by atomic mass is 16.7. The second kappa shape index (κ2) is 16.2. The number of carbonyl (C=O) groups is 2. The summed E-state index contributed by atoms with van der Waals surface area (Å²) in [5.41, 5.74) is 5.91. The lowest BCUT2D eigenvalue weighted by atomic mass is 9.98. The number of likely N-dealkylation sites (tertiary alicyclic amines) is 2. The highest BCUT2D eigenvalue weighted by Gasteiger charge is 2.36. The Morgan fingerprint density at radius 3 is 2.40 bits per heavy atom. The summed E-state index contributed by atoms with van der Waals surface area (Å²) in [4.78, 5) is 28.9. The van der Waals surface area contributed by atoms with Crippen LogP contribution in [0.25, 0.3) is 11.1 Å². The van der Waals surface area contributed by atoms with Crippen LogP contribution in [0.5, 0.6) is 0 Å². The summed E-state index contributed by atoms with van der Waals surface area (Å²) in [6.07, 6.45) is 4.36. The molecule has 256 valence electrons. The van der Waals surface area contributed by atoms with Gasteiger partial charge in [0.25, 0.3) is 5.91 Å². The number of benzene rings is 3. The Balaban J connectivity index is 1.18. The van der Waals surface area contributed by atoms with Gasteiger partial charge in [0, 0.05) is 44.6 Å². The van der Waals surface area contributed by atoms with Crippen LogP contribution in [-0.4, -0.2) is 77.8 Å². The minimum absolute atomic E-state index is 0.00964. The van der Waals surface area contributed by atoms with E-state index >= 15 is 0 Å². The van der Waals surface area contributed by atoms with Gasteiger partial charge in [-0.2, -0.15) is 0 Å². The number of hydrogen-bond acceptors (Lipinski definition) is 8. The zero-order chi connectivity index (χ0) is 33.5. The summed E-state index contributed by atoms with van der Waals surface area (Å²) in [6.45, 7) is 8.76. The number of aliphatic hydroxyl groups is 1. The standard InChI is InChI=1S/C39H49N3O6/c1-27(46-28(2)44)38(45)40-23-30-8-5-9-32(20-30)33-10-6-11-34(21-33)39-47-36(22-37(48-39)31-15-13-29(26-43)14-16-31)25-42-19-7-12-35(42)24-41-17-3-4-18-41/h5-6,8-11,13-16,20-21,27,35-37,39,43H,3-4,7,12,17-19,22-26H2,1-2H3,(H,40,45)/t27-,35-,36+,37-,39-/m0/s1. The molecule has 0 radical (unpaired) electrons. The number of rotatable bonds is 12. The van der Waals surface area contributed by atoms with Crippen LogP contribution in [0.3, 0.4) is 0 Å². The fourth-order valence-electron chi connectivity index (χ4n) is 7.26. The van der Waals surface area contributed by atoms with E-state index in [9.17, 15) is 14.7 Å². The van der Waals surface area contributed by atoms with Crippen LogP contribution in [-0.2, 0) is 37.0 Å². The summed E-state index contributed by atoms with van der Waals surface area (Å²) in [7, 11) is 0. The lowest BCUT2D eigenvalue weighted by Gasteiger charge is -2.39. The fraction of sp³-hybridized carbons (Fsp3) is 0.487. The summed E-state index contributed by atoms with van der Waals surface area (Å²) in [6, 6.07) is 25.0. The summed E-state index contributed by atoms with van der Waals surface area (Å²) < 4.78 is 18.5. The van der Waals surface area contributed by atoms with Gasteiger partial charge in [0.2, 0.25) is 0 Å². The Labute approximate surface area is 284 Å². The van der Waals surface area contributed by atoms with Gasteiger partial charge in [-0.05, 0) is 92.2 Å². The summed E-state index contributed by atoms with van der Waals surface area (Å²) in [5, 5.41) is 12.5. The van der Waals surface area contributed by atoms with Crippen molar-refractivity contribution in [2.45, 2.75) is 89.7 Å². The lowest BCUT2D eigenvalue weighted by molar-refractivity contribution is -0.253. The Morgan fingerprint density at radius 2 is 1.65 bits per heavy atom. The first kappa shape index (κ1) is 34.3. The van der Waals surface area contributed by atoms with Gasteiger partial charge in [0.15, 0.2) is 12.4 Å². The van der Waals surface area contributed by atoms with Crippen molar-refractivity contribution >= 4 is 11.9 Å². The number of amides is 1. The predicted octanol–water partition coefficient (Wildman–Crippen LogP) is 5.52. The first-order valence-corrected chi connectivity index (χ1v) is 17.5. The van der Waals surface area contributed by atoms with Crippen molar-refractivity contribution < 1.29 is 28.9 Å². The monoisotopic (exact) mass is 655 g/mol. The zero-order valence-electron chi connectivity index (χ0n) is 28.2. The molecule has 9 nitrogen and oxygen atoms in total. The molecule has 9 heteroatoms. The van der Waals surface area contributed by atoms with Gasteiger partial charge < -0.3 is 29.5 Å². The summed E-state index contributed by atoms with van der Waals surface area (Å²) in [5.74, 6) is -0.823. The molecule has 2 N–H and O–H groups in total. The first-order chi connectivity index (χ1) is 23.3. The van der Waals surface area contributed by atoms with Gasteiger partial charge in [0.05, 0.1) is 18.8 Å². The molecule has 5 atom stereocenters. The van der Waals surface area contributed by atoms with Gasteiger partial charge in [0.1, 0.15) is 0 Å². The van der Waals surface area contributed by atoms with E-state index in [1.165, 1.54) is 45.7 Å². The smallest absolute Gasteiger partial charge is 0.303 e. The number of carbonyl (C=O) groups excluding carboxylic acids is 2. The second-order valence-corrected chi connectivity index (χ2v) is 13.4. The van der Waals surface area contributed by atoms with Crippen molar-refractivity contribution in [1.82, 2.24) is 15.1 Å². The van der Waals surface area contributed by atoms with Crippen LogP contribution in [0, 0.1) is 0 Å². The molecule has 0 aromatic heterocycles. The molecule has 3 aromatic rings. The number of nitrogens with one attached hydrogen (secondary N) is 1. The van der Waals surface area contributed by atoms with E-state index in [0.717, 1.165) is 59.4 Å². The van der Waals surface area contributed by atoms with Crippen molar-refractivity contribution in [3.8, 4) is 11.1 Å². The third-order valence-electron chi connectivity index (χ3n) is 9.82. The van der Waals surface area contributed by atoms with E-state index in [-0.39, 0.29) is 24.7 Å². The van der Waals surface area contributed by atoms with E-state index in [0.29, 0.717) is 12.6 Å². The summed E-state index contributed by atoms with van der Waals surface area (Å²) >= 11 is 0. The molecule has 3 saturated heterocycles. The molecule has 3 aliphatic heterocycles. The third-order valence-corrected chi connectivity index (χ3v) is 9.82. The molecule has 3 fully saturated rings. The Hall–Kier alpha value is -3.60. The van der Waals surface area contributed by atoms with E-state index in [1.54, 1.807) is 6.92 Å². The number of esters is 1. The molecule has 1 amide bonds. The van der Waals surface area contributed by atoms with Crippen molar-refractivity contribution in [3.05, 3.63) is 95.1 Å². The van der Waals surface area contributed by atoms with Gasteiger partial charge in [-0.25, -0.2) is 0 Å². The van der Waals surface area contributed by atoms with Gasteiger partial charge in [-0.1, -0.05) is 60.7 Å². The molecule has 0 unspecified atom stereocenters. The Morgan fingerprint density at radius 1 is 0.896 bits per heavy atom. The van der Waals surface area contributed by atoms with Crippen LogP contribution < -0.4 is 5.32 Å². The normalized spacial score (nSPS) is 24.0. The highest BCUT2D eigenvalue weighted by molar-refractivity contribution is 5.82. The van der Waals surface area contributed by atoms with Crippen molar-refractivity contribution in [2.75, 3.05) is 32.7 Å². The van der Waals surface area contributed by atoms with Crippen molar-refractivity contribution in [2.24, 2.45) is 0 Å². The largest absolute Gasteiger partial charge is 0.453 e. The van der Waals surface area contributed by atoms with Crippen molar-refractivity contribution in [3.63, 3.8) is 0 Å². The van der Waals surface area contributed by atoms with Crippen LogP contribution in [0.2, 0.25) is 0 Å². The molecule has 6 rings (SSSR count). The van der Waals surface area contributed by atoms with E-state index in [4.69, 9.17) is 14.2 Å². The minimum Gasteiger partial charge on any atom is -0.453 e. The Kier molecular flexibility index (Phi) is 11.6. The van der Waals surface area contributed by atoms with Crippen LogP contribution in [0.4, 0.5) is 0 Å². The molecule has 0 aliphatic carbocycles. The van der Waals surface area contributed by atoms with E-state index in [2.05, 4.69) is 57.6 Å². The lowest BCUT2D eigenvalue weighted by Crippen LogP contribution is -2.45. The van der Waals surface area contributed by atoms with Crippen molar-refractivity contribution in [1.29, 1.82) is 0 Å². The highest BCUT2D eigenvalue weighted by Crippen LogP contribution is 2.39. The average molecular weight is 656 g/mol. The maximum Gasteiger partial charge on any atom is 0.303 e. The van der Waals surface area contributed by atoms with Gasteiger partial charge in [-0.15, -0.1) is 0 Å². The van der Waals surface area contributed by atoms with Crippen LogP contribution in [0.1, 0.15) is 80.6 Å². The van der Waals surface area contributed by atoms with Gasteiger partial charge >= 0.3 is 5.97 Å². The Bertz CT molecular complexity index is 1520. The zero-order valence-corrected chi connectivity index (χ0v) is 28.2. The number of ether oxygens (including phenoxy) is 3. The quantitative estimate of drug-likeness (QED) is 0.246.